The molecule has 2 amide bonds. The number of aryl methyl sites for hydroxylation is 1. The molecular weight excluding hydrogens is 370 g/mol. The maximum Gasteiger partial charge on any atom is 0.244 e. The maximum absolute atomic E-state index is 12.0. The first kappa shape index (κ1) is 19.5. The molecule has 0 saturated heterocycles. The van der Waals surface area contributed by atoms with Crippen LogP contribution in [0.25, 0.3) is 17.3 Å². The highest BCUT2D eigenvalue weighted by Crippen LogP contribution is 2.23. The monoisotopic (exact) mass is 391 g/mol. The van der Waals surface area contributed by atoms with Gasteiger partial charge in [0, 0.05) is 35.7 Å². The van der Waals surface area contributed by atoms with E-state index in [-0.39, 0.29) is 24.8 Å². The van der Waals surface area contributed by atoms with Gasteiger partial charge in [-0.1, -0.05) is 42.5 Å². The Morgan fingerprint density at radius 2 is 1.82 bits per heavy atom. The molecule has 28 heavy (non-hydrogen) atoms. The molecule has 1 heterocycles. The van der Waals surface area contributed by atoms with E-state index in [0.717, 1.165) is 27.5 Å². The van der Waals surface area contributed by atoms with Crippen molar-refractivity contribution in [3.63, 3.8) is 0 Å². The van der Waals surface area contributed by atoms with Crippen molar-refractivity contribution in [2.24, 2.45) is 0 Å². The molecule has 0 radical (unpaired) electrons. The Morgan fingerprint density at radius 1 is 1.07 bits per heavy atom. The van der Waals surface area contributed by atoms with E-state index in [9.17, 15) is 9.59 Å². The van der Waals surface area contributed by atoms with Gasteiger partial charge in [-0.3, -0.25) is 9.59 Å². The summed E-state index contributed by atoms with van der Waals surface area (Å²) < 4.78 is 0. The molecule has 0 unspecified atom stereocenters. The summed E-state index contributed by atoms with van der Waals surface area (Å²) in [5.74, 6) is -0.371. The van der Waals surface area contributed by atoms with Crippen molar-refractivity contribution < 1.29 is 9.59 Å². The summed E-state index contributed by atoms with van der Waals surface area (Å²) >= 11 is 1.61. The first-order valence-electron chi connectivity index (χ1n) is 8.93. The van der Waals surface area contributed by atoms with Gasteiger partial charge in [0.1, 0.15) is 0 Å². The number of hydrogen-bond donors (Lipinski definition) is 2. The molecule has 5 nitrogen and oxygen atoms in total. The molecule has 0 aliphatic carbocycles. The van der Waals surface area contributed by atoms with E-state index < -0.39 is 0 Å². The minimum atomic E-state index is -0.223. The quantitative estimate of drug-likeness (QED) is 0.591. The Balaban J connectivity index is 1.41. The van der Waals surface area contributed by atoms with Crippen LogP contribution in [0, 0.1) is 6.92 Å². The van der Waals surface area contributed by atoms with Crippen LogP contribution in [0.4, 0.5) is 5.69 Å². The van der Waals surface area contributed by atoms with Gasteiger partial charge in [-0.05, 0) is 30.7 Å². The van der Waals surface area contributed by atoms with Gasteiger partial charge in [0.05, 0.1) is 10.7 Å². The normalized spacial score (nSPS) is 10.8. The molecule has 3 rings (SSSR count). The number of carbonyl (C=O) groups excluding carboxylic acids is 2. The molecule has 2 N–H and O–H groups in total. The van der Waals surface area contributed by atoms with E-state index in [2.05, 4.69) is 15.6 Å². The third-order valence-electron chi connectivity index (χ3n) is 3.96. The second kappa shape index (κ2) is 9.62. The van der Waals surface area contributed by atoms with Gasteiger partial charge in [0.25, 0.3) is 0 Å². The summed E-state index contributed by atoms with van der Waals surface area (Å²) in [6.07, 6.45) is 3.41. The lowest BCUT2D eigenvalue weighted by atomic mass is 10.1. The second-order valence-electron chi connectivity index (χ2n) is 6.16. The van der Waals surface area contributed by atoms with Crippen molar-refractivity contribution in [3.8, 4) is 11.3 Å². The number of benzene rings is 2. The van der Waals surface area contributed by atoms with Crippen molar-refractivity contribution in [1.29, 1.82) is 0 Å². The van der Waals surface area contributed by atoms with E-state index in [4.69, 9.17) is 0 Å². The Kier molecular flexibility index (Phi) is 6.70. The molecule has 0 aliphatic heterocycles. The van der Waals surface area contributed by atoms with Gasteiger partial charge in [-0.25, -0.2) is 4.98 Å². The van der Waals surface area contributed by atoms with Crippen molar-refractivity contribution >= 4 is 34.9 Å². The summed E-state index contributed by atoms with van der Waals surface area (Å²) in [5, 5.41) is 8.57. The molecule has 2 aromatic carbocycles. The van der Waals surface area contributed by atoms with Gasteiger partial charge >= 0.3 is 0 Å². The summed E-state index contributed by atoms with van der Waals surface area (Å²) in [7, 11) is 0. The van der Waals surface area contributed by atoms with E-state index in [1.807, 2.05) is 66.9 Å². The largest absolute Gasteiger partial charge is 0.352 e. The van der Waals surface area contributed by atoms with Crippen LogP contribution in [0.1, 0.15) is 17.0 Å². The fourth-order valence-corrected chi connectivity index (χ4v) is 3.16. The zero-order valence-corrected chi connectivity index (χ0v) is 16.3. The standard InChI is InChI=1S/C22H21N3O2S/c1-16-24-20(15-28-16)18-8-10-19(11-9-18)25-22(27)13-14-23-21(26)12-7-17-5-3-2-4-6-17/h2-12,15H,13-14H2,1H3,(H,23,26)(H,25,27)/b12-7+. The van der Waals surface area contributed by atoms with Crippen molar-refractivity contribution in [2.75, 3.05) is 11.9 Å². The van der Waals surface area contributed by atoms with E-state index in [1.165, 1.54) is 6.08 Å². The summed E-state index contributed by atoms with van der Waals surface area (Å²) in [5.41, 5.74) is 3.62. The number of aromatic nitrogens is 1. The third-order valence-corrected chi connectivity index (χ3v) is 4.73. The average molecular weight is 391 g/mol. The van der Waals surface area contributed by atoms with Crippen LogP contribution in [-0.2, 0) is 9.59 Å². The molecule has 1 aromatic heterocycles. The minimum absolute atomic E-state index is 0.149. The first-order chi connectivity index (χ1) is 13.6. The Morgan fingerprint density at radius 3 is 2.50 bits per heavy atom. The lowest BCUT2D eigenvalue weighted by Crippen LogP contribution is -2.26. The van der Waals surface area contributed by atoms with E-state index in [0.29, 0.717) is 0 Å². The number of thiazole rings is 1. The molecule has 0 saturated carbocycles. The molecule has 142 valence electrons. The Bertz CT molecular complexity index is 963. The molecule has 0 bridgehead atoms. The lowest BCUT2D eigenvalue weighted by molar-refractivity contribution is -0.117. The molecule has 0 aliphatic rings. The molecule has 0 atom stereocenters. The van der Waals surface area contributed by atoms with Crippen molar-refractivity contribution in [3.05, 3.63) is 76.6 Å². The molecular formula is C22H21N3O2S. The topological polar surface area (TPSA) is 71.1 Å². The van der Waals surface area contributed by atoms with E-state index in [1.54, 1.807) is 17.4 Å². The minimum Gasteiger partial charge on any atom is -0.352 e. The van der Waals surface area contributed by atoms with Crippen LogP contribution < -0.4 is 10.6 Å². The molecule has 3 aromatic rings. The van der Waals surface area contributed by atoms with Gasteiger partial charge < -0.3 is 10.6 Å². The predicted molar refractivity (Wildman–Crippen MR) is 114 cm³/mol. The first-order valence-corrected chi connectivity index (χ1v) is 9.81. The molecule has 0 spiro atoms. The second-order valence-corrected chi connectivity index (χ2v) is 7.22. The molecule has 6 heteroatoms. The van der Waals surface area contributed by atoms with E-state index >= 15 is 0 Å². The number of anilines is 1. The van der Waals surface area contributed by atoms with Gasteiger partial charge in [0.2, 0.25) is 11.8 Å². The van der Waals surface area contributed by atoms with Crippen molar-refractivity contribution in [1.82, 2.24) is 10.3 Å². The van der Waals surface area contributed by atoms with Crippen LogP contribution in [0.2, 0.25) is 0 Å². The number of nitrogens with zero attached hydrogens (tertiary/aromatic N) is 1. The van der Waals surface area contributed by atoms with Crippen LogP contribution >= 0.6 is 11.3 Å². The Hall–Kier alpha value is -3.25. The maximum atomic E-state index is 12.0. The highest BCUT2D eigenvalue weighted by Gasteiger charge is 2.05. The average Bonchev–Trinajstić information content (AvgIpc) is 3.14. The van der Waals surface area contributed by atoms with Gasteiger partial charge in [-0.15, -0.1) is 11.3 Å². The van der Waals surface area contributed by atoms with Crippen LogP contribution in [0.3, 0.4) is 0 Å². The molecule has 0 fully saturated rings. The smallest absolute Gasteiger partial charge is 0.244 e. The van der Waals surface area contributed by atoms with Crippen LogP contribution in [0.15, 0.2) is 66.1 Å². The SMILES string of the molecule is Cc1nc(-c2ccc(NC(=O)CCNC(=O)/C=C/c3ccccc3)cc2)cs1. The zero-order chi connectivity index (χ0) is 19.8. The predicted octanol–water partition coefficient (Wildman–Crippen LogP) is 4.28. The van der Waals surface area contributed by atoms with Gasteiger partial charge in [0.15, 0.2) is 0 Å². The highest BCUT2D eigenvalue weighted by atomic mass is 32.1. The number of rotatable bonds is 7. The summed E-state index contributed by atoms with van der Waals surface area (Å²) in [6, 6.07) is 17.1. The number of nitrogens with one attached hydrogen (secondary N) is 2. The third kappa shape index (κ3) is 5.89. The number of carbonyl (C=O) groups is 2. The summed E-state index contributed by atoms with van der Waals surface area (Å²) in [4.78, 5) is 28.3. The fourth-order valence-electron chi connectivity index (χ4n) is 2.54. The highest BCUT2D eigenvalue weighted by molar-refractivity contribution is 7.09. The van der Waals surface area contributed by atoms with Crippen LogP contribution in [-0.4, -0.2) is 23.3 Å². The number of hydrogen-bond acceptors (Lipinski definition) is 4. The Labute approximate surface area is 168 Å². The summed E-state index contributed by atoms with van der Waals surface area (Å²) in [6.45, 7) is 2.25. The van der Waals surface area contributed by atoms with Crippen molar-refractivity contribution in [2.45, 2.75) is 13.3 Å². The lowest BCUT2D eigenvalue weighted by Gasteiger charge is -2.06. The van der Waals surface area contributed by atoms with Crippen LogP contribution in [0.5, 0.6) is 0 Å². The zero-order valence-electron chi connectivity index (χ0n) is 15.5. The number of amides is 2. The van der Waals surface area contributed by atoms with Gasteiger partial charge in [-0.2, -0.15) is 0 Å². The fraction of sp³-hybridized carbons (Fsp3) is 0.136.